The summed E-state index contributed by atoms with van der Waals surface area (Å²) in [5, 5.41) is 9.97. The molecule has 1 aromatic heterocycles. The molecule has 7 nitrogen and oxygen atoms in total. The molecule has 8 heteroatoms. The number of hydrogen-bond acceptors (Lipinski definition) is 5. The highest BCUT2D eigenvalue weighted by Gasteiger charge is 2.15. The smallest absolute Gasteiger partial charge is 0.360 e. The number of carbonyl (C=O) groups is 1. The van der Waals surface area contributed by atoms with Crippen molar-refractivity contribution in [2.45, 2.75) is 38.6 Å². The minimum atomic E-state index is -0.629. The zero-order valence-corrected chi connectivity index (χ0v) is 18.6. The van der Waals surface area contributed by atoms with E-state index in [0.29, 0.717) is 40.1 Å². The number of benzene rings is 2. The number of aryl methyl sites for hydroxylation is 1. The molecule has 0 bridgehead atoms. The van der Waals surface area contributed by atoms with Crippen LogP contribution in [0.3, 0.4) is 0 Å². The quantitative estimate of drug-likeness (QED) is 0.438. The second-order valence-electron chi connectivity index (χ2n) is 7.92. The van der Waals surface area contributed by atoms with Gasteiger partial charge in [0, 0.05) is 27.7 Å². The Hall–Kier alpha value is -3.03. The molecular formula is C24H26ClN3O4. The lowest BCUT2D eigenvalue weighted by atomic mass is 10.0. The number of ether oxygens (including phenoxy) is 1. The maximum Gasteiger partial charge on any atom is 0.360 e. The van der Waals surface area contributed by atoms with Crippen molar-refractivity contribution in [3.8, 4) is 5.75 Å². The fraction of sp³-hybridized carbons (Fsp3) is 0.333. The third-order valence-corrected chi connectivity index (χ3v) is 5.84. The Kier molecular flexibility index (Phi) is 6.97. The van der Waals surface area contributed by atoms with Gasteiger partial charge in [0.15, 0.2) is 0 Å². The number of hydrogen-bond donors (Lipinski definition) is 3. The first-order valence-electron chi connectivity index (χ1n) is 10.8. The highest BCUT2D eigenvalue weighted by Crippen LogP contribution is 2.28. The average molecular weight is 456 g/mol. The van der Waals surface area contributed by atoms with Crippen LogP contribution in [0.15, 0.2) is 51.7 Å². The van der Waals surface area contributed by atoms with Crippen LogP contribution in [-0.4, -0.2) is 25.2 Å². The van der Waals surface area contributed by atoms with Gasteiger partial charge in [-0.15, -0.1) is 0 Å². The van der Waals surface area contributed by atoms with Gasteiger partial charge >= 0.3 is 11.7 Å². The van der Waals surface area contributed by atoms with Crippen molar-refractivity contribution in [3.05, 3.63) is 63.5 Å². The summed E-state index contributed by atoms with van der Waals surface area (Å²) in [4.78, 5) is 24.7. The van der Waals surface area contributed by atoms with Gasteiger partial charge in [0.25, 0.3) is 0 Å². The number of urea groups is 1. The van der Waals surface area contributed by atoms with Crippen LogP contribution in [0, 0.1) is 6.92 Å². The van der Waals surface area contributed by atoms with Crippen LogP contribution in [0.1, 0.15) is 31.2 Å². The highest BCUT2D eigenvalue weighted by molar-refractivity contribution is 6.30. The Bertz CT molecular complexity index is 1150. The Balaban J connectivity index is 1.43. The van der Waals surface area contributed by atoms with Crippen molar-refractivity contribution in [2.75, 3.05) is 23.8 Å². The number of rotatable bonds is 6. The monoisotopic (exact) mass is 455 g/mol. The zero-order chi connectivity index (χ0) is 22.5. The summed E-state index contributed by atoms with van der Waals surface area (Å²) in [5.74, 6) is 0.692. The fourth-order valence-electron chi connectivity index (χ4n) is 3.85. The van der Waals surface area contributed by atoms with Gasteiger partial charge < -0.3 is 25.1 Å². The van der Waals surface area contributed by atoms with E-state index in [1.54, 1.807) is 30.3 Å². The van der Waals surface area contributed by atoms with Gasteiger partial charge in [-0.2, -0.15) is 0 Å². The molecule has 1 atom stereocenters. The molecule has 0 radical (unpaired) electrons. The molecule has 0 aliphatic carbocycles. The first-order chi connectivity index (χ1) is 15.5. The molecule has 1 aliphatic heterocycles. The van der Waals surface area contributed by atoms with E-state index in [0.717, 1.165) is 18.5 Å². The standard InChI is InChI=1S/C24H26ClN3O4/c1-15-21(31-13-11-18-4-2-3-12-26-18)10-5-16-14-20(23(29)32-22(15)16)28-24(30)27-19-8-6-17(25)7-9-19/h5-10,14,18,26H,2-4,11-13H2,1H3,(H2,27,28,30). The summed E-state index contributed by atoms with van der Waals surface area (Å²) in [7, 11) is 0. The molecule has 2 heterocycles. The lowest BCUT2D eigenvalue weighted by Crippen LogP contribution is -2.35. The van der Waals surface area contributed by atoms with Crippen LogP contribution >= 0.6 is 11.6 Å². The number of carbonyl (C=O) groups excluding carboxylic acids is 1. The van der Waals surface area contributed by atoms with Crippen LogP contribution in [0.4, 0.5) is 16.2 Å². The average Bonchev–Trinajstić information content (AvgIpc) is 2.79. The number of fused-ring (bicyclic) bond motifs is 1. The van der Waals surface area contributed by atoms with E-state index in [-0.39, 0.29) is 5.69 Å². The van der Waals surface area contributed by atoms with Gasteiger partial charge in [-0.05, 0) is 75.2 Å². The number of piperidine rings is 1. The molecule has 168 valence electrons. The summed E-state index contributed by atoms with van der Waals surface area (Å²) >= 11 is 5.85. The van der Waals surface area contributed by atoms with E-state index in [1.807, 2.05) is 19.1 Å². The van der Waals surface area contributed by atoms with Gasteiger partial charge in [-0.3, -0.25) is 0 Å². The van der Waals surface area contributed by atoms with Crippen molar-refractivity contribution in [1.29, 1.82) is 0 Å². The molecule has 2 amide bonds. The predicted octanol–water partition coefficient (Wildman–Crippen LogP) is 5.31. The first-order valence-corrected chi connectivity index (χ1v) is 11.1. The van der Waals surface area contributed by atoms with Gasteiger partial charge in [-0.25, -0.2) is 9.59 Å². The first kappa shape index (κ1) is 22.2. The van der Waals surface area contributed by atoms with Crippen molar-refractivity contribution in [3.63, 3.8) is 0 Å². The molecule has 4 rings (SSSR count). The van der Waals surface area contributed by atoms with Crippen LogP contribution in [0.5, 0.6) is 5.75 Å². The summed E-state index contributed by atoms with van der Waals surface area (Å²) in [6, 6.07) is 11.9. The Morgan fingerprint density at radius 2 is 2.00 bits per heavy atom. The van der Waals surface area contributed by atoms with Crippen LogP contribution < -0.4 is 26.3 Å². The molecule has 0 saturated carbocycles. The Morgan fingerprint density at radius 3 is 2.75 bits per heavy atom. The molecule has 1 saturated heterocycles. The summed E-state index contributed by atoms with van der Waals surface area (Å²) in [5.41, 5.74) is 1.19. The van der Waals surface area contributed by atoms with E-state index in [2.05, 4.69) is 16.0 Å². The highest BCUT2D eigenvalue weighted by atomic mass is 35.5. The van der Waals surface area contributed by atoms with Gasteiger partial charge in [0.05, 0.1) is 6.61 Å². The molecular weight excluding hydrogens is 430 g/mol. The number of amides is 2. The lowest BCUT2D eigenvalue weighted by molar-refractivity contribution is 0.262. The van der Waals surface area contributed by atoms with Gasteiger partial charge in [-0.1, -0.05) is 18.0 Å². The fourth-order valence-corrected chi connectivity index (χ4v) is 3.97. The minimum absolute atomic E-state index is 0.0559. The van der Waals surface area contributed by atoms with Crippen molar-refractivity contribution in [1.82, 2.24) is 5.32 Å². The number of halogens is 1. The molecule has 0 spiro atoms. The third-order valence-electron chi connectivity index (χ3n) is 5.59. The predicted molar refractivity (Wildman–Crippen MR) is 127 cm³/mol. The summed E-state index contributed by atoms with van der Waals surface area (Å²) in [6.07, 6.45) is 4.61. The van der Waals surface area contributed by atoms with Crippen LogP contribution in [0.25, 0.3) is 11.0 Å². The maximum absolute atomic E-state index is 12.5. The normalized spacial score (nSPS) is 16.0. The van der Waals surface area contributed by atoms with Gasteiger partial charge in [0.1, 0.15) is 17.0 Å². The summed E-state index contributed by atoms with van der Waals surface area (Å²) in [6.45, 7) is 3.53. The van der Waals surface area contributed by atoms with E-state index >= 15 is 0 Å². The van der Waals surface area contributed by atoms with Crippen molar-refractivity contribution >= 4 is 40.0 Å². The Labute approximate surface area is 191 Å². The van der Waals surface area contributed by atoms with Crippen molar-refractivity contribution < 1.29 is 13.9 Å². The number of nitrogens with one attached hydrogen (secondary N) is 3. The Morgan fingerprint density at radius 1 is 1.19 bits per heavy atom. The molecule has 1 aliphatic rings. The van der Waals surface area contributed by atoms with E-state index in [1.165, 1.54) is 19.3 Å². The molecule has 1 unspecified atom stereocenters. The second kappa shape index (κ2) is 10.1. The number of anilines is 2. The molecule has 3 N–H and O–H groups in total. The minimum Gasteiger partial charge on any atom is -0.493 e. The molecule has 3 aromatic rings. The van der Waals surface area contributed by atoms with Crippen molar-refractivity contribution in [2.24, 2.45) is 0 Å². The van der Waals surface area contributed by atoms with E-state index < -0.39 is 11.7 Å². The molecule has 1 fully saturated rings. The largest absolute Gasteiger partial charge is 0.493 e. The SMILES string of the molecule is Cc1c(OCCC2CCCCN2)ccc2cc(NC(=O)Nc3ccc(Cl)cc3)c(=O)oc12. The zero-order valence-electron chi connectivity index (χ0n) is 17.9. The van der Waals surface area contributed by atoms with E-state index in [4.69, 9.17) is 20.8 Å². The topological polar surface area (TPSA) is 92.6 Å². The van der Waals surface area contributed by atoms with Gasteiger partial charge in [0.2, 0.25) is 0 Å². The summed E-state index contributed by atoms with van der Waals surface area (Å²) < 4.78 is 11.5. The third kappa shape index (κ3) is 5.41. The van der Waals surface area contributed by atoms with Crippen LogP contribution in [0.2, 0.25) is 5.02 Å². The lowest BCUT2D eigenvalue weighted by Gasteiger charge is -2.23. The van der Waals surface area contributed by atoms with Crippen LogP contribution in [-0.2, 0) is 0 Å². The van der Waals surface area contributed by atoms with E-state index in [9.17, 15) is 9.59 Å². The molecule has 2 aromatic carbocycles. The second-order valence-corrected chi connectivity index (χ2v) is 8.36. The molecule has 32 heavy (non-hydrogen) atoms. The maximum atomic E-state index is 12.5.